The Labute approximate surface area is 133 Å². The molecule has 1 aromatic heterocycles. The number of thiophene rings is 1. The summed E-state index contributed by atoms with van der Waals surface area (Å²) in [4.78, 5) is 14.4. The van der Waals surface area contributed by atoms with Crippen molar-refractivity contribution in [1.29, 1.82) is 0 Å². The number of hydrogen-bond donors (Lipinski definition) is 1. The van der Waals surface area contributed by atoms with Crippen LogP contribution in [0.2, 0.25) is 8.67 Å². The smallest absolute Gasteiger partial charge is 0.256 e. The number of amides is 1. The second-order valence-electron chi connectivity index (χ2n) is 5.78. The molecule has 20 heavy (non-hydrogen) atoms. The van der Waals surface area contributed by atoms with Gasteiger partial charge in [0, 0.05) is 13.1 Å². The molecule has 0 aliphatic carbocycles. The van der Waals surface area contributed by atoms with Crippen LogP contribution in [0, 0.1) is 5.41 Å². The van der Waals surface area contributed by atoms with E-state index in [9.17, 15) is 4.79 Å². The topological polar surface area (TPSA) is 32.3 Å². The van der Waals surface area contributed by atoms with E-state index in [1.165, 1.54) is 24.2 Å². The van der Waals surface area contributed by atoms with E-state index in [4.69, 9.17) is 23.2 Å². The molecular formula is C14H18Cl2N2OS. The second-order valence-corrected chi connectivity index (χ2v) is 8.07. The Morgan fingerprint density at radius 1 is 1.20 bits per heavy atom. The second kappa shape index (κ2) is 5.84. The minimum Gasteiger partial charge on any atom is -0.339 e. The summed E-state index contributed by atoms with van der Waals surface area (Å²) >= 11 is 13.3. The predicted molar refractivity (Wildman–Crippen MR) is 84.0 cm³/mol. The zero-order valence-corrected chi connectivity index (χ0v) is 13.6. The van der Waals surface area contributed by atoms with Gasteiger partial charge < -0.3 is 10.2 Å². The molecule has 2 aliphatic rings. The first-order valence-corrected chi connectivity index (χ1v) is 8.62. The quantitative estimate of drug-likeness (QED) is 0.851. The molecule has 2 aliphatic heterocycles. The molecule has 0 atom stereocenters. The molecule has 1 aromatic rings. The third-order valence-corrected chi connectivity index (χ3v) is 6.15. The van der Waals surface area contributed by atoms with Crippen LogP contribution in [0.5, 0.6) is 0 Å². The van der Waals surface area contributed by atoms with E-state index >= 15 is 0 Å². The van der Waals surface area contributed by atoms with Crippen LogP contribution in [0.25, 0.3) is 0 Å². The number of rotatable bonds is 1. The molecule has 0 bridgehead atoms. The zero-order chi connectivity index (χ0) is 14.2. The molecule has 1 amide bonds. The van der Waals surface area contributed by atoms with Gasteiger partial charge in [0.15, 0.2) is 0 Å². The number of likely N-dealkylation sites (tertiary alicyclic amines) is 1. The molecule has 0 aromatic carbocycles. The van der Waals surface area contributed by atoms with Gasteiger partial charge in [-0.3, -0.25) is 4.79 Å². The van der Waals surface area contributed by atoms with Gasteiger partial charge in [-0.05, 0) is 50.3 Å². The van der Waals surface area contributed by atoms with Crippen molar-refractivity contribution in [3.05, 3.63) is 20.3 Å². The first-order valence-electron chi connectivity index (χ1n) is 7.05. The number of nitrogens with one attached hydrogen (secondary N) is 1. The third kappa shape index (κ3) is 2.84. The molecule has 2 fully saturated rings. The highest BCUT2D eigenvalue weighted by molar-refractivity contribution is 7.20. The van der Waals surface area contributed by atoms with Crippen LogP contribution in [0.3, 0.4) is 0 Å². The number of nitrogens with zero attached hydrogens (tertiary/aromatic N) is 1. The van der Waals surface area contributed by atoms with Gasteiger partial charge in [0.1, 0.15) is 4.34 Å². The van der Waals surface area contributed by atoms with Crippen LogP contribution >= 0.6 is 34.5 Å². The van der Waals surface area contributed by atoms with Gasteiger partial charge in [0.2, 0.25) is 0 Å². The Morgan fingerprint density at radius 3 is 2.40 bits per heavy atom. The highest BCUT2D eigenvalue weighted by Crippen LogP contribution is 2.40. The lowest BCUT2D eigenvalue weighted by Gasteiger charge is -2.44. The summed E-state index contributed by atoms with van der Waals surface area (Å²) in [5.74, 6) is 0.0296. The molecule has 0 unspecified atom stereocenters. The molecule has 3 heterocycles. The van der Waals surface area contributed by atoms with Crippen molar-refractivity contribution in [3.63, 3.8) is 0 Å². The van der Waals surface area contributed by atoms with Crippen molar-refractivity contribution in [2.24, 2.45) is 5.41 Å². The summed E-state index contributed by atoms with van der Waals surface area (Å²) in [6.45, 7) is 3.89. The van der Waals surface area contributed by atoms with Gasteiger partial charge in [-0.2, -0.15) is 0 Å². The van der Waals surface area contributed by atoms with Crippen LogP contribution in [0.1, 0.15) is 36.0 Å². The Balaban J connectivity index is 1.66. The minimum atomic E-state index is 0.0296. The molecule has 0 saturated carbocycles. The van der Waals surface area contributed by atoms with Gasteiger partial charge in [-0.25, -0.2) is 0 Å². The third-order valence-electron chi connectivity index (χ3n) is 4.66. The van der Waals surface area contributed by atoms with E-state index in [1.807, 2.05) is 4.90 Å². The molecule has 1 spiro atoms. The molecule has 2 saturated heterocycles. The fraction of sp³-hybridized carbons (Fsp3) is 0.643. The lowest BCUT2D eigenvalue weighted by Crippen LogP contribution is -2.47. The van der Waals surface area contributed by atoms with E-state index < -0.39 is 0 Å². The minimum absolute atomic E-state index is 0.0296. The Bertz CT molecular complexity index is 501. The van der Waals surface area contributed by atoms with Crippen molar-refractivity contribution < 1.29 is 4.79 Å². The highest BCUT2D eigenvalue weighted by Gasteiger charge is 2.37. The van der Waals surface area contributed by atoms with Gasteiger partial charge in [-0.1, -0.05) is 23.2 Å². The van der Waals surface area contributed by atoms with Gasteiger partial charge in [0.05, 0.1) is 9.90 Å². The fourth-order valence-electron chi connectivity index (χ4n) is 3.30. The predicted octanol–water partition coefficient (Wildman–Crippen LogP) is 3.66. The van der Waals surface area contributed by atoms with Crippen molar-refractivity contribution in [3.8, 4) is 0 Å². The number of halogens is 2. The average molecular weight is 333 g/mol. The average Bonchev–Trinajstić information content (AvgIpc) is 2.79. The van der Waals surface area contributed by atoms with E-state index in [0.29, 0.717) is 19.7 Å². The summed E-state index contributed by atoms with van der Waals surface area (Å²) in [6.07, 6.45) is 4.69. The molecule has 3 rings (SSSR count). The van der Waals surface area contributed by atoms with Crippen LogP contribution in [0.4, 0.5) is 0 Å². The van der Waals surface area contributed by atoms with Crippen LogP contribution in [0.15, 0.2) is 6.07 Å². The molecule has 0 radical (unpaired) electrons. The van der Waals surface area contributed by atoms with Gasteiger partial charge in [0.25, 0.3) is 5.91 Å². The summed E-state index contributed by atoms with van der Waals surface area (Å²) in [7, 11) is 0. The molecule has 110 valence electrons. The van der Waals surface area contributed by atoms with E-state index in [2.05, 4.69) is 5.32 Å². The van der Waals surface area contributed by atoms with Gasteiger partial charge >= 0.3 is 0 Å². The van der Waals surface area contributed by atoms with Crippen molar-refractivity contribution in [2.45, 2.75) is 25.7 Å². The van der Waals surface area contributed by atoms with Crippen LogP contribution in [-0.4, -0.2) is 37.0 Å². The summed E-state index contributed by atoms with van der Waals surface area (Å²) in [6, 6.07) is 1.69. The first-order chi connectivity index (χ1) is 9.60. The van der Waals surface area contributed by atoms with Crippen molar-refractivity contribution in [1.82, 2.24) is 10.2 Å². The lowest BCUT2D eigenvalue weighted by molar-refractivity contribution is 0.0496. The zero-order valence-electron chi connectivity index (χ0n) is 11.3. The fourth-order valence-corrected chi connectivity index (χ4v) is 4.75. The number of carbonyl (C=O) groups excluding carboxylic acids is 1. The van der Waals surface area contributed by atoms with E-state index in [0.717, 1.165) is 39.0 Å². The van der Waals surface area contributed by atoms with Crippen molar-refractivity contribution in [2.75, 3.05) is 26.2 Å². The molecular weight excluding hydrogens is 315 g/mol. The standard InChI is InChI=1S/C14H18Cl2N2OS/c15-11-9-10(12(16)20-11)13(19)18-7-3-14(4-8-18)1-5-17-6-2-14/h9,17H,1-8H2. The van der Waals surface area contributed by atoms with Crippen molar-refractivity contribution >= 4 is 40.4 Å². The monoisotopic (exact) mass is 332 g/mol. The maximum Gasteiger partial charge on any atom is 0.256 e. The number of carbonyl (C=O) groups is 1. The summed E-state index contributed by atoms with van der Waals surface area (Å²) in [5, 5.41) is 3.42. The number of piperidine rings is 2. The Kier molecular flexibility index (Phi) is 4.27. The number of hydrogen-bond acceptors (Lipinski definition) is 3. The summed E-state index contributed by atoms with van der Waals surface area (Å²) in [5.41, 5.74) is 1.01. The molecule has 6 heteroatoms. The van der Waals surface area contributed by atoms with Gasteiger partial charge in [-0.15, -0.1) is 11.3 Å². The Hall–Kier alpha value is -0.290. The highest BCUT2D eigenvalue weighted by atomic mass is 35.5. The largest absolute Gasteiger partial charge is 0.339 e. The SMILES string of the molecule is O=C(c1cc(Cl)sc1Cl)N1CCC2(CCNCC2)CC1. The molecule has 3 nitrogen and oxygen atoms in total. The Morgan fingerprint density at radius 2 is 1.85 bits per heavy atom. The van der Waals surface area contributed by atoms with E-state index in [-0.39, 0.29) is 5.91 Å². The van der Waals surface area contributed by atoms with Crippen LogP contribution in [-0.2, 0) is 0 Å². The summed E-state index contributed by atoms with van der Waals surface area (Å²) < 4.78 is 1.08. The van der Waals surface area contributed by atoms with E-state index in [1.54, 1.807) is 6.07 Å². The normalized spacial score (nSPS) is 22.2. The maximum atomic E-state index is 12.5. The molecule has 1 N–H and O–H groups in total. The lowest BCUT2D eigenvalue weighted by atomic mass is 9.71. The first kappa shape index (κ1) is 14.6. The van der Waals surface area contributed by atoms with Crippen LogP contribution < -0.4 is 5.32 Å². The maximum absolute atomic E-state index is 12.5.